The SMILES string of the molecule is CC(C)(C)c1ccc(O)c(-c2nc3cc4c[nH]nc4cc3[nH]2)c1. The van der Waals surface area contributed by atoms with Crippen LogP contribution in [0.2, 0.25) is 0 Å². The first-order chi connectivity index (χ1) is 10.9. The predicted octanol–water partition coefficient (Wildman–Crippen LogP) is 4.11. The van der Waals surface area contributed by atoms with Crippen LogP contribution in [0.4, 0.5) is 0 Å². The second kappa shape index (κ2) is 4.59. The van der Waals surface area contributed by atoms with Crippen LogP contribution in [0.1, 0.15) is 26.3 Å². The van der Waals surface area contributed by atoms with Gasteiger partial charge in [0.15, 0.2) is 0 Å². The molecule has 5 nitrogen and oxygen atoms in total. The van der Waals surface area contributed by atoms with Crippen LogP contribution in [0.15, 0.2) is 36.5 Å². The van der Waals surface area contributed by atoms with Crippen molar-refractivity contribution in [2.24, 2.45) is 0 Å². The third-order valence-corrected chi connectivity index (χ3v) is 4.15. The number of hydrogen-bond acceptors (Lipinski definition) is 3. The first-order valence-electron chi connectivity index (χ1n) is 7.59. The van der Waals surface area contributed by atoms with E-state index >= 15 is 0 Å². The Balaban J connectivity index is 1.91. The standard InChI is InChI=1S/C18H18N4O/c1-18(2,3)11-4-5-16(23)12(7-11)17-20-14-6-10-9-19-22-13(10)8-15(14)21-17/h4-9,23H,1-3H3,(H,19,22)(H,20,21). The highest BCUT2D eigenvalue weighted by molar-refractivity contribution is 5.94. The molecule has 23 heavy (non-hydrogen) atoms. The molecule has 0 saturated heterocycles. The Kier molecular flexibility index (Phi) is 2.75. The summed E-state index contributed by atoms with van der Waals surface area (Å²) in [5.74, 6) is 0.891. The van der Waals surface area contributed by atoms with Crippen molar-refractivity contribution < 1.29 is 5.11 Å². The largest absolute Gasteiger partial charge is 0.507 e. The van der Waals surface area contributed by atoms with E-state index in [-0.39, 0.29) is 11.2 Å². The van der Waals surface area contributed by atoms with Crippen LogP contribution in [-0.2, 0) is 5.41 Å². The molecule has 2 heterocycles. The molecule has 0 aliphatic rings. The summed E-state index contributed by atoms with van der Waals surface area (Å²) < 4.78 is 0. The van der Waals surface area contributed by atoms with Crippen LogP contribution in [-0.4, -0.2) is 25.3 Å². The van der Waals surface area contributed by atoms with E-state index in [9.17, 15) is 5.11 Å². The van der Waals surface area contributed by atoms with Gasteiger partial charge in [-0.2, -0.15) is 5.10 Å². The average Bonchev–Trinajstić information content (AvgIpc) is 3.08. The van der Waals surface area contributed by atoms with E-state index in [0.717, 1.165) is 27.5 Å². The van der Waals surface area contributed by atoms with Gasteiger partial charge in [0.2, 0.25) is 0 Å². The third kappa shape index (κ3) is 2.25. The van der Waals surface area contributed by atoms with Gasteiger partial charge in [-0.05, 0) is 35.2 Å². The minimum Gasteiger partial charge on any atom is -0.507 e. The molecule has 2 aromatic carbocycles. The monoisotopic (exact) mass is 306 g/mol. The van der Waals surface area contributed by atoms with E-state index < -0.39 is 0 Å². The number of H-pyrrole nitrogens is 2. The molecule has 0 fully saturated rings. The highest BCUT2D eigenvalue weighted by atomic mass is 16.3. The van der Waals surface area contributed by atoms with Crippen molar-refractivity contribution >= 4 is 21.9 Å². The molecule has 0 spiro atoms. The fraction of sp³-hybridized carbons (Fsp3) is 0.222. The van der Waals surface area contributed by atoms with Crippen molar-refractivity contribution in [2.45, 2.75) is 26.2 Å². The maximum atomic E-state index is 10.3. The second-order valence-corrected chi connectivity index (χ2v) is 6.88. The number of aromatic hydroxyl groups is 1. The van der Waals surface area contributed by atoms with Crippen LogP contribution in [0.5, 0.6) is 5.75 Å². The summed E-state index contributed by atoms with van der Waals surface area (Å²) in [4.78, 5) is 7.93. The number of imidazole rings is 1. The van der Waals surface area contributed by atoms with Crippen LogP contribution in [0.3, 0.4) is 0 Å². The Morgan fingerprint density at radius 2 is 1.87 bits per heavy atom. The number of aromatic amines is 2. The summed E-state index contributed by atoms with van der Waals surface area (Å²) in [7, 11) is 0. The summed E-state index contributed by atoms with van der Waals surface area (Å²) in [6.07, 6.45) is 1.85. The highest BCUT2D eigenvalue weighted by Crippen LogP contribution is 2.34. The normalized spacial score (nSPS) is 12.3. The van der Waals surface area contributed by atoms with Crippen LogP contribution < -0.4 is 0 Å². The number of benzene rings is 2. The van der Waals surface area contributed by atoms with Gasteiger partial charge in [-0.3, -0.25) is 5.10 Å². The minimum absolute atomic E-state index is 0.00908. The molecule has 4 aromatic rings. The van der Waals surface area contributed by atoms with Crippen molar-refractivity contribution in [3.05, 3.63) is 42.1 Å². The van der Waals surface area contributed by atoms with Crippen LogP contribution in [0, 0.1) is 0 Å². The zero-order valence-corrected chi connectivity index (χ0v) is 13.3. The number of phenolic OH excluding ortho intramolecular Hbond substituents is 1. The van der Waals surface area contributed by atoms with Gasteiger partial charge in [-0.15, -0.1) is 0 Å². The Morgan fingerprint density at radius 1 is 1.04 bits per heavy atom. The third-order valence-electron chi connectivity index (χ3n) is 4.15. The van der Waals surface area contributed by atoms with Gasteiger partial charge in [-0.25, -0.2) is 4.98 Å². The average molecular weight is 306 g/mol. The van der Waals surface area contributed by atoms with Gasteiger partial charge < -0.3 is 10.1 Å². The fourth-order valence-corrected chi connectivity index (χ4v) is 2.77. The molecule has 0 saturated carbocycles. The molecule has 0 aliphatic heterocycles. The second-order valence-electron chi connectivity index (χ2n) is 6.88. The lowest BCUT2D eigenvalue weighted by molar-refractivity contribution is 0.475. The lowest BCUT2D eigenvalue weighted by atomic mass is 9.86. The van der Waals surface area contributed by atoms with E-state index in [0.29, 0.717) is 11.4 Å². The maximum Gasteiger partial charge on any atom is 0.142 e. The lowest BCUT2D eigenvalue weighted by Gasteiger charge is -2.19. The number of aromatic nitrogens is 4. The molecule has 0 bridgehead atoms. The topological polar surface area (TPSA) is 77.6 Å². The zero-order valence-electron chi connectivity index (χ0n) is 13.3. The summed E-state index contributed by atoms with van der Waals surface area (Å²) in [5.41, 5.74) is 4.53. The molecule has 2 aromatic heterocycles. The van der Waals surface area contributed by atoms with E-state index in [1.54, 1.807) is 6.07 Å². The number of fused-ring (bicyclic) bond motifs is 2. The molecule has 0 atom stereocenters. The van der Waals surface area contributed by atoms with Gasteiger partial charge in [0.05, 0.1) is 22.1 Å². The van der Waals surface area contributed by atoms with Gasteiger partial charge in [-0.1, -0.05) is 26.8 Å². The van der Waals surface area contributed by atoms with E-state index in [1.807, 2.05) is 30.5 Å². The molecule has 116 valence electrons. The highest BCUT2D eigenvalue weighted by Gasteiger charge is 2.18. The predicted molar refractivity (Wildman–Crippen MR) is 91.5 cm³/mol. The lowest BCUT2D eigenvalue weighted by Crippen LogP contribution is -2.10. The number of phenols is 1. The smallest absolute Gasteiger partial charge is 0.142 e. The quantitative estimate of drug-likeness (QED) is 0.495. The zero-order chi connectivity index (χ0) is 16.2. The van der Waals surface area contributed by atoms with E-state index in [4.69, 9.17) is 0 Å². The Morgan fingerprint density at radius 3 is 2.65 bits per heavy atom. The summed E-state index contributed by atoms with van der Waals surface area (Å²) >= 11 is 0. The van der Waals surface area contributed by atoms with Crippen molar-refractivity contribution in [2.75, 3.05) is 0 Å². The van der Waals surface area contributed by atoms with E-state index in [1.165, 1.54) is 0 Å². The number of hydrogen-bond donors (Lipinski definition) is 3. The van der Waals surface area contributed by atoms with Gasteiger partial charge in [0, 0.05) is 11.6 Å². The van der Waals surface area contributed by atoms with Gasteiger partial charge in [0.25, 0.3) is 0 Å². The first kappa shape index (κ1) is 13.8. The minimum atomic E-state index is 0.00908. The van der Waals surface area contributed by atoms with Crippen molar-refractivity contribution in [3.63, 3.8) is 0 Å². The maximum absolute atomic E-state index is 10.3. The molecule has 5 heteroatoms. The molecule has 0 unspecified atom stereocenters. The fourth-order valence-electron chi connectivity index (χ4n) is 2.77. The number of nitrogens with one attached hydrogen (secondary N) is 2. The molecule has 0 radical (unpaired) electrons. The molecule has 0 amide bonds. The van der Waals surface area contributed by atoms with E-state index in [2.05, 4.69) is 40.9 Å². The Hall–Kier alpha value is -2.82. The van der Waals surface area contributed by atoms with Crippen molar-refractivity contribution in [1.82, 2.24) is 20.2 Å². The number of rotatable bonds is 1. The van der Waals surface area contributed by atoms with Crippen LogP contribution >= 0.6 is 0 Å². The summed E-state index contributed by atoms with van der Waals surface area (Å²) in [6, 6.07) is 9.63. The Bertz CT molecular complexity index is 973. The summed E-state index contributed by atoms with van der Waals surface area (Å²) in [6.45, 7) is 6.45. The molecule has 4 rings (SSSR count). The number of nitrogens with zero attached hydrogens (tertiary/aromatic N) is 2. The van der Waals surface area contributed by atoms with Crippen molar-refractivity contribution in [1.29, 1.82) is 0 Å². The Labute approximate surface area is 133 Å². The van der Waals surface area contributed by atoms with Gasteiger partial charge in [0.1, 0.15) is 11.6 Å². The first-order valence-corrected chi connectivity index (χ1v) is 7.59. The van der Waals surface area contributed by atoms with Gasteiger partial charge >= 0.3 is 0 Å². The molecule has 0 aliphatic carbocycles. The van der Waals surface area contributed by atoms with Crippen molar-refractivity contribution in [3.8, 4) is 17.1 Å². The molecular weight excluding hydrogens is 288 g/mol. The van der Waals surface area contributed by atoms with Crippen LogP contribution in [0.25, 0.3) is 33.3 Å². The summed E-state index contributed by atoms with van der Waals surface area (Å²) in [5, 5.41) is 18.3. The molecule has 3 N–H and O–H groups in total. The molecular formula is C18H18N4O.